The van der Waals surface area contributed by atoms with Crippen molar-refractivity contribution in [3.8, 4) is 16.5 Å². The van der Waals surface area contributed by atoms with E-state index in [-0.39, 0.29) is 11.6 Å². The highest BCUT2D eigenvalue weighted by Gasteiger charge is 2.20. The smallest absolute Gasteiger partial charge is 0.241 e. The monoisotopic (exact) mass is 388 g/mol. The van der Waals surface area contributed by atoms with E-state index in [1.807, 2.05) is 23.6 Å². The quantitative estimate of drug-likeness (QED) is 0.646. The maximum atomic E-state index is 13.8. The molecular formula is C19H21FN4O2S. The van der Waals surface area contributed by atoms with Crippen LogP contribution in [0.5, 0.6) is 5.75 Å². The minimum absolute atomic E-state index is 0.282. The van der Waals surface area contributed by atoms with E-state index >= 15 is 0 Å². The minimum Gasteiger partial charge on any atom is -0.494 e. The van der Waals surface area contributed by atoms with Crippen molar-refractivity contribution in [2.75, 3.05) is 33.3 Å². The Bertz CT molecular complexity index is 876. The van der Waals surface area contributed by atoms with Crippen LogP contribution in [0.25, 0.3) is 10.7 Å². The van der Waals surface area contributed by atoms with Crippen LogP contribution in [0, 0.1) is 5.82 Å². The van der Waals surface area contributed by atoms with E-state index < -0.39 is 0 Å². The fraction of sp³-hybridized carbons (Fsp3) is 0.368. The largest absolute Gasteiger partial charge is 0.494 e. The highest BCUT2D eigenvalue weighted by molar-refractivity contribution is 7.13. The van der Waals surface area contributed by atoms with E-state index in [0.29, 0.717) is 18.3 Å². The molecule has 0 bridgehead atoms. The molecule has 0 spiro atoms. The van der Waals surface area contributed by atoms with Crippen LogP contribution in [-0.2, 0) is 13.1 Å². The van der Waals surface area contributed by atoms with E-state index in [1.165, 1.54) is 7.11 Å². The van der Waals surface area contributed by atoms with Gasteiger partial charge in [-0.05, 0) is 29.1 Å². The van der Waals surface area contributed by atoms with Crippen LogP contribution >= 0.6 is 11.3 Å². The van der Waals surface area contributed by atoms with Gasteiger partial charge in [0.1, 0.15) is 0 Å². The number of aromatic nitrogens is 2. The molecular weight excluding hydrogens is 367 g/mol. The van der Waals surface area contributed by atoms with Crippen molar-refractivity contribution in [2.24, 2.45) is 0 Å². The van der Waals surface area contributed by atoms with Crippen molar-refractivity contribution in [1.29, 1.82) is 0 Å². The van der Waals surface area contributed by atoms with Crippen molar-refractivity contribution in [1.82, 2.24) is 19.9 Å². The van der Waals surface area contributed by atoms with E-state index in [0.717, 1.165) is 43.2 Å². The van der Waals surface area contributed by atoms with Crippen LogP contribution in [0.1, 0.15) is 11.5 Å². The first-order valence-electron chi connectivity index (χ1n) is 8.85. The highest BCUT2D eigenvalue weighted by atomic mass is 32.1. The molecule has 1 aliphatic heterocycles. The molecule has 1 aliphatic rings. The van der Waals surface area contributed by atoms with Crippen molar-refractivity contribution < 1.29 is 13.7 Å². The second-order valence-corrected chi connectivity index (χ2v) is 7.46. The molecule has 0 N–H and O–H groups in total. The van der Waals surface area contributed by atoms with Gasteiger partial charge in [0.05, 0.1) is 18.5 Å². The summed E-state index contributed by atoms with van der Waals surface area (Å²) in [6.45, 7) is 5.05. The van der Waals surface area contributed by atoms with Crippen LogP contribution < -0.4 is 4.74 Å². The molecule has 0 aliphatic carbocycles. The minimum atomic E-state index is -0.313. The van der Waals surface area contributed by atoms with Gasteiger partial charge in [-0.2, -0.15) is 4.98 Å². The number of rotatable bonds is 6. The highest BCUT2D eigenvalue weighted by Crippen LogP contribution is 2.22. The van der Waals surface area contributed by atoms with Crippen molar-refractivity contribution in [2.45, 2.75) is 13.1 Å². The predicted molar refractivity (Wildman–Crippen MR) is 101 cm³/mol. The average molecular weight is 388 g/mol. The van der Waals surface area contributed by atoms with Gasteiger partial charge in [-0.3, -0.25) is 9.80 Å². The normalized spacial score (nSPS) is 15.9. The van der Waals surface area contributed by atoms with E-state index in [9.17, 15) is 4.39 Å². The van der Waals surface area contributed by atoms with Gasteiger partial charge in [0, 0.05) is 32.7 Å². The van der Waals surface area contributed by atoms with Gasteiger partial charge in [-0.15, -0.1) is 11.3 Å². The molecule has 3 aromatic rings. The lowest BCUT2D eigenvalue weighted by atomic mass is 10.2. The van der Waals surface area contributed by atoms with E-state index in [1.54, 1.807) is 23.5 Å². The molecule has 142 valence electrons. The van der Waals surface area contributed by atoms with Crippen molar-refractivity contribution >= 4 is 11.3 Å². The molecule has 0 atom stereocenters. The molecule has 0 saturated carbocycles. The summed E-state index contributed by atoms with van der Waals surface area (Å²) in [5.41, 5.74) is 0.958. The van der Waals surface area contributed by atoms with Crippen LogP contribution in [0.4, 0.5) is 4.39 Å². The molecule has 1 saturated heterocycles. The molecule has 4 rings (SSSR count). The van der Waals surface area contributed by atoms with Gasteiger partial charge in [-0.1, -0.05) is 17.3 Å². The third-order valence-corrected chi connectivity index (χ3v) is 5.52. The van der Waals surface area contributed by atoms with Crippen LogP contribution in [0.15, 0.2) is 40.2 Å². The SMILES string of the molecule is COc1ccc(CN2CCN(Cc3nc(-c4cccs4)no3)CC2)cc1F. The summed E-state index contributed by atoms with van der Waals surface area (Å²) in [4.78, 5) is 10.1. The lowest BCUT2D eigenvalue weighted by Crippen LogP contribution is -2.45. The maximum absolute atomic E-state index is 13.8. The Kier molecular flexibility index (Phi) is 5.47. The number of piperazine rings is 1. The number of methoxy groups -OCH3 is 1. The average Bonchev–Trinajstić information content (AvgIpc) is 3.35. The molecule has 6 nitrogen and oxygen atoms in total. The van der Waals surface area contributed by atoms with E-state index in [4.69, 9.17) is 9.26 Å². The molecule has 0 unspecified atom stereocenters. The van der Waals surface area contributed by atoms with Gasteiger partial charge >= 0.3 is 0 Å². The first kappa shape index (κ1) is 18.1. The van der Waals surface area contributed by atoms with Gasteiger partial charge in [0.15, 0.2) is 11.6 Å². The standard InChI is InChI=1S/C19H21FN4O2S/c1-25-16-5-4-14(11-15(16)20)12-23-6-8-24(9-7-23)13-18-21-19(22-26-18)17-3-2-10-27-17/h2-5,10-11H,6-9,12-13H2,1H3. The van der Waals surface area contributed by atoms with Gasteiger partial charge in [-0.25, -0.2) is 4.39 Å². The number of hydrogen-bond acceptors (Lipinski definition) is 7. The topological polar surface area (TPSA) is 54.6 Å². The summed E-state index contributed by atoms with van der Waals surface area (Å²) in [6.07, 6.45) is 0. The number of nitrogens with zero attached hydrogens (tertiary/aromatic N) is 4. The Balaban J connectivity index is 1.28. The number of ether oxygens (including phenoxy) is 1. The summed E-state index contributed by atoms with van der Waals surface area (Å²) in [6, 6.07) is 9.11. The second kappa shape index (κ2) is 8.16. The summed E-state index contributed by atoms with van der Waals surface area (Å²) >= 11 is 1.60. The first-order valence-corrected chi connectivity index (χ1v) is 9.73. The van der Waals surface area contributed by atoms with Gasteiger partial charge in [0.2, 0.25) is 11.7 Å². The van der Waals surface area contributed by atoms with Crippen LogP contribution in [0.3, 0.4) is 0 Å². The van der Waals surface area contributed by atoms with Crippen molar-refractivity contribution in [3.05, 3.63) is 53.0 Å². The molecule has 27 heavy (non-hydrogen) atoms. The summed E-state index contributed by atoms with van der Waals surface area (Å²) in [5, 5.41) is 6.06. The Hall–Kier alpha value is -2.29. The first-order chi connectivity index (χ1) is 13.2. The van der Waals surface area contributed by atoms with Gasteiger partial charge < -0.3 is 9.26 Å². The zero-order chi connectivity index (χ0) is 18.6. The third-order valence-electron chi connectivity index (χ3n) is 4.66. The fourth-order valence-electron chi connectivity index (χ4n) is 3.19. The molecule has 3 heterocycles. The summed E-state index contributed by atoms with van der Waals surface area (Å²) < 4.78 is 24.2. The molecule has 2 aromatic heterocycles. The Morgan fingerprint density at radius 3 is 2.59 bits per heavy atom. The molecule has 1 fully saturated rings. The molecule has 8 heteroatoms. The lowest BCUT2D eigenvalue weighted by Gasteiger charge is -2.33. The zero-order valence-corrected chi connectivity index (χ0v) is 15.9. The van der Waals surface area contributed by atoms with Crippen LogP contribution in [-0.4, -0.2) is 53.2 Å². The lowest BCUT2D eigenvalue weighted by molar-refractivity contribution is 0.112. The Morgan fingerprint density at radius 2 is 1.93 bits per heavy atom. The second-order valence-electron chi connectivity index (χ2n) is 6.51. The zero-order valence-electron chi connectivity index (χ0n) is 15.1. The number of halogens is 1. The van der Waals surface area contributed by atoms with Gasteiger partial charge in [0.25, 0.3) is 0 Å². The number of hydrogen-bond donors (Lipinski definition) is 0. The molecule has 1 aromatic carbocycles. The fourth-order valence-corrected chi connectivity index (χ4v) is 3.84. The van der Waals surface area contributed by atoms with E-state index in [2.05, 4.69) is 19.9 Å². The Morgan fingerprint density at radius 1 is 1.15 bits per heavy atom. The number of benzene rings is 1. The van der Waals surface area contributed by atoms with Crippen molar-refractivity contribution in [3.63, 3.8) is 0 Å². The van der Waals surface area contributed by atoms with Crippen LogP contribution in [0.2, 0.25) is 0 Å². The number of thiophene rings is 1. The Labute approximate surface area is 161 Å². The summed E-state index contributed by atoms with van der Waals surface area (Å²) in [7, 11) is 1.48. The third kappa shape index (κ3) is 4.35. The molecule has 0 radical (unpaired) electrons. The maximum Gasteiger partial charge on any atom is 0.241 e. The predicted octanol–water partition coefficient (Wildman–Crippen LogP) is 3.26. The molecule has 0 amide bonds. The summed E-state index contributed by atoms with van der Waals surface area (Å²) in [5.74, 6) is 1.26.